The van der Waals surface area contributed by atoms with Crippen LogP contribution in [0.25, 0.3) is 11.6 Å². The summed E-state index contributed by atoms with van der Waals surface area (Å²) in [7, 11) is 0. The Morgan fingerprint density at radius 1 is 1.09 bits per heavy atom. The minimum atomic E-state index is 0.506. The van der Waals surface area contributed by atoms with Gasteiger partial charge in [-0.05, 0) is 42.2 Å². The van der Waals surface area contributed by atoms with Crippen molar-refractivity contribution in [1.29, 1.82) is 5.26 Å². The largest absolute Gasteiger partial charge is 0.493 e. The molecule has 0 saturated carbocycles. The van der Waals surface area contributed by atoms with E-state index in [1.165, 1.54) is 5.56 Å². The predicted molar refractivity (Wildman–Crippen MR) is 91.4 cm³/mol. The van der Waals surface area contributed by atoms with Gasteiger partial charge in [0.2, 0.25) is 0 Å². The summed E-state index contributed by atoms with van der Waals surface area (Å²) in [4.78, 5) is 0. The highest BCUT2D eigenvalue weighted by molar-refractivity contribution is 5.89. The molecular formula is C20H21NO. The van der Waals surface area contributed by atoms with E-state index in [1.807, 2.05) is 61.5 Å². The summed E-state index contributed by atoms with van der Waals surface area (Å²) in [6.07, 6.45) is 1.90. The van der Waals surface area contributed by atoms with E-state index in [2.05, 4.69) is 19.9 Å². The summed E-state index contributed by atoms with van der Waals surface area (Å²) in [5.74, 6) is 1.37. The van der Waals surface area contributed by atoms with Gasteiger partial charge in [-0.15, -0.1) is 0 Å². The van der Waals surface area contributed by atoms with Crippen LogP contribution in [0.1, 0.15) is 30.5 Å². The quantitative estimate of drug-likeness (QED) is 0.567. The molecule has 0 aliphatic carbocycles. The SMILES string of the molecule is Cc1ccc(/C(C#N)=C\c2ccc(OCC(C)C)cc2)cc1. The fraction of sp³-hybridized carbons (Fsp3) is 0.250. The molecule has 0 saturated heterocycles. The normalized spacial score (nSPS) is 11.3. The highest BCUT2D eigenvalue weighted by Gasteiger charge is 2.02. The van der Waals surface area contributed by atoms with E-state index in [0.717, 1.165) is 16.9 Å². The molecule has 0 amide bonds. The molecule has 0 atom stereocenters. The van der Waals surface area contributed by atoms with E-state index in [0.29, 0.717) is 18.1 Å². The first-order valence-electron chi connectivity index (χ1n) is 7.50. The zero-order valence-corrected chi connectivity index (χ0v) is 13.3. The molecule has 2 aromatic rings. The van der Waals surface area contributed by atoms with Crippen LogP contribution in [-0.2, 0) is 0 Å². The first-order valence-corrected chi connectivity index (χ1v) is 7.50. The number of hydrogen-bond acceptors (Lipinski definition) is 2. The van der Waals surface area contributed by atoms with Gasteiger partial charge in [0.25, 0.3) is 0 Å². The monoisotopic (exact) mass is 291 g/mol. The van der Waals surface area contributed by atoms with E-state index in [4.69, 9.17) is 4.74 Å². The molecule has 0 fully saturated rings. The third kappa shape index (κ3) is 4.49. The zero-order valence-electron chi connectivity index (χ0n) is 13.3. The first-order chi connectivity index (χ1) is 10.6. The predicted octanol–water partition coefficient (Wildman–Crippen LogP) is 5.09. The van der Waals surface area contributed by atoms with Crippen molar-refractivity contribution >= 4 is 11.6 Å². The summed E-state index contributed by atoms with van der Waals surface area (Å²) in [5, 5.41) is 9.37. The highest BCUT2D eigenvalue weighted by atomic mass is 16.5. The molecule has 22 heavy (non-hydrogen) atoms. The number of ether oxygens (including phenoxy) is 1. The van der Waals surface area contributed by atoms with Crippen LogP contribution in [0.4, 0.5) is 0 Å². The van der Waals surface area contributed by atoms with Crippen molar-refractivity contribution in [3.05, 3.63) is 65.2 Å². The lowest BCUT2D eigenvalue weighted by molar-refractivity contribution is 0.271. The van der Waals surface area contributed by atoms with Crippen LogP contribution < -0.4 is 4.74 Å². The summed E-state index contributed by atoms with van der Waals surface area (Å²) >= 11 is 0. The maximum absolute atomic E-state index is 9.37. The fourth-order valence-electron chi connectivity index (χ4n) is 2.00. The fourth-order valence-corrected chi connectivity index (χ4v) is 2.00. The van der Waals surface area contributed by atoms with Crippen LogP contribution in [0.3, 0.4) is 0 Å². The number of rotatable bonds is 5. The van der Waals surface area contributed by atoms with Gasteiger partial charge in [-0.3, -0.25) is 0 Å². The van der Waals surface area contributed by atoms with Gasteiger partial charge in [-0.25, -0.2) is 0 Å². The number of allylic oxidation sites excluding steroid dienone is 1. The van der Waals surface area contributed by atoms with Crippen molar-refractivity contribution in [2.75, 3.05) is 6.61 Å². The zero-order chi connectivity index (χ0) is 15.9. The molecule has 112 valence electrons. The van der Waals surface area contributed by atoms with Gasteiger partial charge in [0.05, 0.1) is 18.2 Å². The van der Waals surface area contributed by atoms with Crippen molar-refractivity contribution in [1.82, 2.24) is 0 Å². The summed E-state index contributed by atoms with van der Waals surface area (Å²) in [6.45, 7) is 6.99. The average Bonchev–Trinajstić information content (AvgIpc) is 2.52. The van der Waals surface area contributed by atoms with E-state index in [-0.39, 0.29) is 0 Å². The molecule has 0 bridgehead atoms. The molecule has 0 spiro atoms. The number of nitriles is 1. The highest BCUT2D eigenvalue weighted by Crippen LogP contribution is 2.20. The van der Waals surface area contributed by atoms with Gasteiger partial charge in [-0.1, -0.05) is 55.8 Å². The Kier molecular flexibility index (Phi) is 5.38. The second kappa shape index (κ2) is 7.47. The first kappa shape index (κ1) is 15.9. The van der Waals surface area contributed by atoms with Crippen LogP contribution in [0, 0.1) is 24.2 Å². The third-order valence-electron chi connectivity index (χ3n) is 3.26. The van der Waals surface area contributed by atoms with Crippen LogP contribution in [0.2, 0.25) is 0 Å². The summed E-state index contributed by atoms with van der Waals surface area (Å²) < 4.78 is 5.67. The van der Waals surface area contributed by atoms with Gasteiger partial charge in [0.15, 0.2) is 0 Å². The molecule has 0 aromatic heterocycles. The van der Waals surface area contributed by atoms with Crippen molar-refractivity contribution in [2.24, 2.45) is 5.92 Å². The molecule has 0 heterocycles. The molecule has 0 unspecified atom stereocenters. The lowest BCUT2D eigenvalue weighted by Gasteiger charge is -2.08. The lowest BCUT2D eigenvalue weighted by Crippen LogP contribution is -2.04. The smallest absolute Gasteiger partial charge is 0.119 e. The van der Waals surface area contributed by atoms with Gasteiger partial charge in [-0.2, -0.15) is 5.26 Å². The molecule has 2 rings (SSSR count). The van der Waals surface area contributed by atoms with Gasteiger partial charge < -0.3 is 4.74 Å². The Balaban J connectivity index is 2.16. The van der Waals surface area contributed by atoms with E-state index >= 15 is 0 Å². The van der Waals surface area contributed by atoms with Crippen LogP contribution in [0.5, 0.6) is 5.75 Å². The molecule has 0 aliphatic heterocycles. The Hall–Kier alpha value is -2.53. The summed E-state index contributed by atoms with van der Waals surface area (Å²) in [6, 6.07) is 18.1. The van der Waals surface area contributed by atoms with Crippen molar-refractivity contribution in [2.45, 2.75) is 20.8 Å². The topological polar surface area (TPSA) is 33.0 Å². The van der Waals surface area contributed by atoms with E-state index < -0.39 is 0 Å². The minimum absolute atomic E-state index is 0.506. The molecule has 0 aliphatic rings. The second-order valence-corrected chi connectivity index (χ2v) is 5.81. The molecule has 2 aromatic carbocycles. The maximum atomic E-state index is 9.37. The number of nitrogens with zero attached hydrogens (tertiary/aromatic N) is 1. The lowest BCUT2D eigenvalue weighted by atomic mass is 10.0. The average molecular weight is 291 g/mol. The number of aryl methyl sites for hydroxylation is 1. The summed E-state index contributed by atoms with van der Waals surface area (Å²) in [5.41, 5.74) is 3.78. The minimum Gasteiger partial charge on any atom is -0.493 e. The van der Waals surface area contributed by atoms with Crippen molar-refractivity contribution < 1.29 is 4.74 Å². The van der Waals surface area contributed by atoms with Gasteiger partial charge in [0, 0.05) is 0 Å². The maximum Gasteiger partial charge on any atom is 0.119 e. The van der Waals surface area contributed by atoms with Crippen molar-refractivity contribution in [3.8, 4) is 11.8 Å². The molecular weight excluding hydrogens is 270 g/mol. The van der Waals surface area contributed by atoms with Crippen molar-refractivity contribution in [3.63, 3.8) is 0 Å². The molecule has 0 N–H and O–H groups in total. The Morgan fingerprint density at radius 2 is 1.73 bits per heavy atom. The van der Waals surface area contributed by atoms with E-state index in [9.17, 15) is 5.26 Å². The standard InChI is InChI=1S/C20H21NO/c1-15(2)14-22-20-10-6-17(7-11-20)12-19(13-21)18-8-4-16(3)5-9-18/h4-12,15H,14H2,1-3H3/b19-12-. The van der Waals surface area contributed by atoms with E-state index in [1.54, 1.807) is 0 Å². The number of hydrogen-bond donors (Lipinski definition) is 0. The second-order valence-electron chi connectivity index (χ2n) is 5.81. The van der Waals surface area contributed by atoms with Crippen LogP contribution >= 0.6 is 0 Å². The Labute approximate surface area is 132 Å². The Morgan fingerprint density at radius 3 is 2.27 bits per heavy atom. The van der Waals surface area contributed by atoms with Gasteiger partial charge in [0.1, 0.15) is 5.75 Å². The molecule has 2 nitrogen and oxygen atoms in total. The number of benzene rings is 2. The van der Waals surface area contributed by atoms with Crippen LogP contribution in [-0.4, -0.2) is 6.61 Å². The van der Waals surface area contributed by atoms with Crippen LogP contribution in [0.15, 0.2) is 48.5 Å². The molecule has 2 heteroatoms. The Bertz CT molecular complexity index is 673. The third-order valence-corrected chi connectivity index (χ3v) is 3.26. The van der Waals surface area contributed by atoms with Gasteiger partial charge >= 0.3 is 0 Å². The molecule has 0 radical (unpaired) electrons.